The van der Waals surface area contributed by atoms with E-state index >= 15 is 0 Å². The Morgan fingerprint density at radius 2 is 1.76 bits per heavy atom. The minimum Gasteiger partial charge on any atom is -0.451 e. The van der Waals surface area contributed by atoms with Crippen LogP contribution in [-0.4, -0.2) is 33.2 Å². The number of para-hydroxylation sites is 1. The number of hydrogen-bond acceptors (Lipinski definition) is 5. The van der Waals surface area contributed by atoms with Crippen molar-refractivity contribution in [1.82, 2.24) is 14.8 Å². The number of carbonyl (C=O) groups excluding carboxylic acids is 2. The van der Waals surface area contributed by atoms with Crippen LogP contribution in [0.5, 0.6) is 0 Å². The molecule has 0 atom stereocenters. The Bertz CT molecular complexity index is 1090. The number of ether oxygens (including phenoxy) is 1. The van der Waals surface area contributed by atoms with Crippen LogP contribution < -0.4 is 5.32 Å². The number of esters is 1. The Balaban J connectivity index is 1.70. The van der Waals surface area contributed by atoms with Gasteiger partial charge in [0.05, 0.1) is 26.4 Å². The second-order valence-electron chi connectivity index (χ2n) is 5.74. The summed E-state index contributed by atoms with van der Waals surface area (Å²) in [7, 11) is 0. The van der Waals surface area contributed by atoms with Crippen LogP contribution in [0.1, 0.15) is 16.2 Å². The SMILES string of the molecule is Cc1cc(NC(=O)COC(=O)c2nc(Cl)c(Cl)c(Cl)c2Cl)n(-c2ccccc2)n1. The number of hydrogen-bond donors (Lipinski definition) is 1. The Kier molecular flexibility index (Phi) is 6.64. The molecule has 0 aliphatic heterocycles. The van der Waals surface area contributed by atoms with Gasteiger partial charge in [-0.2, -0.15) is 5.10 Å². The van der Waals surface area contributed by atoms with Gasteiger partial charge >= 0.3 is 5.97 Å². The number of rotatable bonds is 5. The molecule has 0 bridgehead atoms. The van der Waals surface area contributed by atoms with Crippen molar-refractivity contribution in [2.75, 3.05) is 11.9 Å². The average Bonchev–Trinajstić information content (AvgIpc) is 3.08. The van der Waals surface area contributed by atoms with Crippen molar-refractivity contribution in [2.24, 2.45) is 0 Å². The van der Waals surface area contributed by atoms with Crippen LogP contribution in [0.4, 0.5) is 5.82 Å². The van der Waals surface area contributed by atoms with Gasteiger partial charge in [0.15, 0.2) is 12.3 Å². The summed E-state index contributed by atoms with van der Waals surface area (Å²) < 4.78 is 6.52. The van der Waals surface area contributed by atoms with Gasteiger partial charge in [0.2, 0.25) is 0 Å². The zero-order chi connectivity index (χ0) is 21.1. The van der Waals surface area contributed by atoms with Crippen LogP contribution in [-0.2, 0) is 9.53 Å². The van der Waals surface area contributed by atoms with Crippen molar-refractivity contribution in [3.8, 4) is 5.69 Å². The summed E-state index contributed by atoms with van der Waals surface area (Å²) in [4.78, 5) is 28.2. The first-order valence-corrected chi connectivity index (χ1v) is 9.58. The highest BCUT2D eigenvalue weighted by Crippen LogP contribution is 2.36. The highest BCUT2D eigenvalue weighted by atomic mass is 35.5. The van der Waals surface area contributed by atoms with Crippen molar-refractivity contribution in [3.05, 3.63) is 68.0 Å². The smallest absolute Gasteiger partial charge is 0.359 e. The molecule has 0 radical (unpaired) electrons. The van der Waals surface area contributed by atoms with Gasteiger partial charge in [-0.25, -0.2) is 14.5 Å². The molecule has 0 fully saturated rings. The van der Waals surface area contributed by atoms with E-state index in [1.165, 1.54) is 0 Å². The average molecular weight is 474 g/mol. The van der Waals surface area contributed by atoms with Crippen LogP contribution in [0.2, 0.25) is 20.2 Å². The van der Waals surface area contributed by atoms with Gasteiger partial charge in [-0.3, -0.25) is 4.79 Å². The first kappa shape index (κ1) is 21.4. The number of pyridine rings is 1. The standard InChI is InChI=1S/C18H12Cl4N4O3/c1-9-7-11(26(25-9)10-5-3-2-4-6-10)23-12(27)8-29-18(28)16-14(20)13(19)15(21)17(22)24-16/h2-7H,8H2,1H3,(H,23,27). The molecule has 3 rings (SSSR count). The number of aryl methyl sites for hydroxylation is 1. The number of aromatic nitrogens is 3. The summed E-state index contributed by atoms with van der Waals surface area (Å²) in [6, 6.07) is 10.9. The number of halogens is 4. The first-order chi connectivity index (χ1) is 13.8. The summed E-state index contributed by atoms with van der Waals surface area (Å²) in [6.07, 6.45) is 0. The molecule has 0 saturated carbocycles. The van der Waals surface area contributed by atoms with Gasteiger partial charge < -0.3 is 10.1 Å². The number of benzene rings is 1. The molecule has 0 spiro atoms. The Morgan fingerprint density at radius 1 is 1.07 bits per heavy atom. The summed E-state index contributed by atoms with van der Waals surface area (Å²) in [6.45, 7) is 1.20. The molecule has 1 amide bonds. The predicted octanol–water partition coefficient (Wildman–Crippen LogP) is 4.98. The maximum Gasteiger partial charge on any atom is 0.359 e. The summed E-state index contributed by atoms with van der Waals surface area (Å²) in [5, 5.41) is 6.34. The number of anilines is 1. The molecule has 0 unspecified atom stereocenters. The van der Waals surface area contributed by atoms with E-state index < -0.39 is 18.5 Å². The molecule has 2 aromatic heterocycles. The Labute approximate surface area is 185 Å². The second-order valence-corrected chi connectivity index (χ2v) is 7.23. The third kappa shape index (κ3) is 4.82. The Morgan fingerprint density at radius 3 is 2.45 bits per heavy atom. The maximum atomic E-state index is 12.3. The minimum absolute atomic E-state index is 0.0860. The summed E-state index contributed by atoms with van der Waals surface area (Å²) >= 11 is 23.5. The predicted molar refractivity (Wildman–Crippen MR) is 111 cm³/mol. The Hall–Kier alpha value is -2.32. The lowest BCUT2D eigenvalue weighted by molar-refractivity contribution is -0.119. The van der Waals surface area contributed by atoms with E-state index in [2.05, 4.69) is 15.4 Å². The van der Waals surface area contributed by atoms with E-state index in [0.29, 0.717) is 11.5 Å². The van der Waals surface area contributed by atoms with E-state index in [1.54, 1.807) is 17.7 Å². The van der Waals surface area contributed by atoms with E-state index in [0.717, 1.165) is 5.69 Å². The van der Waals surface area contributed by atoms with Crippen molar-refractivity contribution in [1.29, 1.82) is 0 Å². The van der Waals surface area contributed by atoms with Crippen LogP contribution in [0.25, 0.3) is 5.69 Å². The van der Waals surface area contributed by atoms with Crippen LogP contribution in [0.15, 0.2) is 36.4 Å². The lowest BCUT2D eigenvalue weighted by Gasteiger charge is -2.10. The molecule has 0 aliphatic rings. The normalized spacial score (nSPS) is 10.7. The van der Waals surface area contributed by atoms with Crippen LogP contribution >= 0.6 is 46.4 Å². The van der Waals surface area contributed by atoms with Crippen LogP contribution in [0.3, 0.4) is 0 Å². The first-order valence-electron chi connectivity index (χ1n) is 8.07. The van der Waals surface area contributed by atoms with Gasteiger partial charge in [0.25, 0.3) is 5.91 Å². The summed E-state index contributed by atoms with van der Waals surface area (Å²) in [5.41, 5.74) is 1.11. The number of nitrogens with zero attached hydrogens (tertiary/aromatic N) is 3. The van der Waals surface area contributed by atoms with Crippen molar-refractivity contribution in [2.45, 2.75) is 6.92 Å². The van der Waals surface area contributed by atoms with Gasteiger partial charge in [0.1, 0.15) is 11.0 Å². The topological polar surface area (TPSA) is 86.1 Å². The lowest BCUT2D eigenvalue weighted by atomic mass is 10.3. The quantitative estimate of drug-likeness (QED) is 0.417. The van der Waals surface area contributed by atoms with Crippen molar-refractivity contribution in [3.63, 3.8) is 0 Å². The molecular weight excluding hydrogens is 462 g/mol. The molecule has 1 aromatic carbocycles. The monoisotopic (exact) mass is 472 g/mol. The maximum absolute atomic E-state index is 12.3. The van der Waals surface area contributed by atoms with E-state index in [9.17, 15) is 9.59 Å². The van der Waals surface area contributed by atoms with Crippen molar-refractivity contribution >= 4 is 64.1 Å². The molecule has 7 nitrogen and oxygen atoms in total. The van der Waals surface area contributed by atoms with Gasteiger partial charge in [0, 0.05) is 6.07 Å². The van der Waals surface area contributed by atoms with Gasteiger partial charge in [-0.1, -0.05) is 64.6 Å². The fraction of sp³-hybridized carbons (Fsp3) is 0.111. The minimum atomic E-state index is -0.974. The fourth-order valence-electron chi connectivity index (χ4n) is 2.36. The zero-order valence-electron chi connectivity index (χ0n) is 14.7. The molecule has 2 heterocycles. The molecule has 29 heavy (non-hydrogen) atoms. The molecule has 0 aliphatic carbocycles. The van der Waals surface area contributed by atoms with Crippen molar-refractivity contribution < 1.29 is 14.3 Å². The largest absolute Gasteiger partial charge is 0.451 e. The third-order valence-electron chi connectivity index (χ3n) is 3.61. The third-order valence-corrected chi connectivity index (χ3v) is 5.29. The molecular formula is C18H12Cl4N4O3. The highest BCUT2D eigenvalue weighted by molar-refractivity contribution is 6.52. The molecule has 0 saturated heterocycles. The van der Waals surface area contributed by atoms with Crippen LogP contribution in [0, 0.1) is 6.92 Å². The molecule has 3 aromatic rings. The number of nitrogens with one attached hydrogen (secondary N) is 1. The molecule has 150 valence electrons. The highest BCUT2D eigenvalue weighted by Gasteiger charge is 2.22. The van der Waals surface area contributed by atoms with E-state index in [-0.39, 0.29) is 25.9 Å². The second kappa shape index (κ2) is 9.00. The number of amides is 1. The van der Waals surface area contributed by atoms with Gasteiger partial charge in [-0.15, -0.1) is 0 Å². The van der Waals surface area contributed by atoms with E-state index in [1.807, 2.05) is 30.3 Å². The van der Waals surface area contributed by atoms with E-state index in [4.69, 9.17) is 51.1 Å². The zero-order valence-corrected chi connectivity index (χ0v) is 17.8. The van der Waals surface area contributed by atoms with Gasteiger partial charge in [-0.05, 0) is 19.1 Å². The number of carbonyl (C=O) groups is 2. The summed E-state index contributed by atoms with van der Waals surface area (Å²) in [5.74, 6) is -1.14. The lowest BCUT2D eigenvalue weighted by Crippen LogP contribution is -2.23. The fourth-order valence-corrected chi connectivity index (χ4v) is 3.16. The molecule has 11 heteroatoms. The molecule has 1 N–H and O–H groups in total.